The van der Waals surface area contributed by atoms with Gasteiger partial charge < -0.3 is 14.5 Å². The average molecular weight is 312 g/mol. The molecule has 0 radical (unpaired) electrons. The molecular weight excluding hydrogens is 288 g/mol. The fourth-order valence-electron chi connectivity index (χ4n) is 3.58. The Balaban J connectivity index is 1.77. The van der Waals surface area contributed by atoms with Gasteiger partial charge in [0.25, 0.3) is 0 Å². The highest BCUT2D eigenvalue weighted by Crippen LogP contribution is 2.30. The fraction of sp³-hybridized carbons (Fsp3) is 0.556. The lowest BCUT2D eigenvalue weighted by molar-refractivity contribution is 0.122. The second kappa shape index (κ2) is 6.32. The van der Waals surface area contributed by atoms with Crippen molar-refractivity contribution in [2.45, 2.75) is 19.8 Å². The number of piperidine rings is 1. The third-order valence-electron chi connectivity index (χ3n) is 4.82. The maximum Gasteiger partial charge on any atom is 0.228 e. The highest BCUT2D eigenvalue weighted by molar-refractivity contribution is 5.90. The van der Waals surface area contributed by atoms with Gasteiger partial charge in [0.05, 0.1) is 18.7 Å². The topological polar surface area (TPSA) is 41.5 Å². The summed E-state index contributed by atoms with van der Waals surface area (Å²) in [4.78, 5) is 14.5. The first-order valence-corrected chi connectivity index (χ1v) is 8.66. The standard InChI is InChI=1S/C18H24N4O/c1-14-5-4-8-22(13-14)17-15-6-2-3-7-16(15)19-18(20-17)21-9-11-23-12-10-21/h2-3,6-7,14H,4-5,8-13H2,1H3/t14-/m0/s1. The summed E-state index contributed by atoms with van der Waals surface area (Å²) in [6, 6.07) is 8.38. The molecule has 0 saturated carbocycles. The predicted octanol–water partition coefficient (Wildman–Crippen LogP) is 2.70. The number of benzene rings is 1. The van der Waals surface area contributed by atoms with Crippen LogP contribution in [0.4, 0.5) is 11.8 Å². The number of para-hydroxylation sites is 1. The van der Waals surface area contributed by atoms with Gasteiger partial charge in [-0.2, -0.15) is 4.98 Å². The van der Waals surface area contributed by atoms with Crippen molar-refractivity contribution in [1.82, 2.24) is 9.97 Å². The number of hydrogen-bond donors (Lipinski definition) is 0. The van der Waals surface area contributed by atoms with Gasteiger partial charge in [0, 0.05) is 31.6 Å². The Kier molecular flexibility index (Phi) is 4.04. The zero-order valence-electron chi connectivity index (χ0n) is 13.7. The normalized spacial score (nSPS) is 22.6. The van der Waals surface area contributed by atoms with E-state index in [-0.39, 0.29) is 0 Å². The highest BCUT2D eigenvalue weighted by Gasteiger charge is 2.22. The Hall–Kier alpha value is -1.88. The van der Waals surface area contributed by atoms with Crippen molar-refractivity contribution in [3.8, 4) is 0 Å². The summed E-state index contributed by atoms with van der Waals surface area (Å²) in [5.74, 6) is 2.67. The highest BCUT2D eigenvalue weighted by atomic mass is 16.5. The Morgan fingerprint density at radius 3 is 2.70 bits per heavy atom. The van der Waals surface area contributed by atoms with Crippen molar-refractivity contribution in [2.24, 2.45) is 5.92 Å². The molecule has 3 heterocycles. The van der Waals surface area contributed by atoms with Crippen LogP contribution in [0, 0.1) is 5.92 Å². The molecule has 122 valence electrons. The number of fused-ring (bicyclic) bond motifs is 1. The van der Waals surface area contributed by atoms with E-state index in [2.05, 4.69) is 41.0 Å². The number of nitrogens with zero attached hydrogens (tertiary/aromatic N) is 4. The lowest BCUT2D eigenvalue weighted by atomic mass is 10.00. The largest absolute Gasteiger partial charge is 0.378 e. The van der Waals surface area contributed by atoms with E-state index in [1.165, 1.54) is 18.2 Å². The monoisotopic (exact) mass is 312 g/mol. The van der Waals surface area contributed by atoms with Crippen molar-refractivity contribution >= 4 is 22.7 Å². The third kappa shape index (κ3) is 2.98. The molecule has 0 bridgehead atoms. The van der Waals surface area contributed by atoms with E-state index in [9.17, 15) is 0 Å². The number of rotatable bonds is 2. The van der Waals surface area contributed by atoms with Crippen molar-refractivity contribution in [3.05, 3.63) is 24.3 Å². The third-order valence-corrected chi connectivity index (χ3v) is 4.82. The molecule has 2 aliphatic heterocycles. The summed E-state index contributed by atoms with van der Waals surface area (Å²) in [6.45, 7) is 7.76. The first kappa shape index (κ1) is 14.7. The molecule has 4 rings (SSSR count). The summed E-state index contributed by atoms with van der Waals surface area (Å²) in [5, 5.41) is 1.17. The number of hydrogen-bond acceptors (Lipinski definition) is 5. The Morgan fingerprint density at radius 1 is 1.04 bits per heavy atom. The first-order valence-electron chi connectivity index (χ1n) is 8.66. The summed E-state index contributed by atoms with van der Waals surface area (Å²) < 4.78 is 5.46. The van der Waals surface area contributed by atoms with Gasteiger partial charge in [-0.15, -0.1) is 0 Å². The van der Waals surface area contributed by atoms with Gasteiger partial charge in [0.1, 0.15) is 5.82 Å². The molecule has 0 N–H and O–H groups in total. The van der Waals surface area contributed by atoms with Crippen LogP contribution in [0.2, 0.25) is 0 Å². The summed E-state index contributed by atoms with van der Waals surface area (Å²) >= 11 is 0. The van der Waals surface area contributed by atoms with Crippen molar-refractivity contribution in [1.29, 1.82) is 0 Å². The molecule has 1 aromatic heterocycles. The van der Waals surface area contributed by atoms with Gasteiger partial charge in [-0.3, -0.25) is 0 Å². The van der Waals surface area contributed by atoms with E-state index in [0.29, 0.717) is 0 Å². The zero-order chi connectivity index (χ0) is 15.6. The maximum absolute atomic E-state index is 5.46. The molecule has 5 heteroatoms. The minimum Gasteiger partial charge on any atom is -0.378 e. The lowest BCUT2D eigenvalue weighted by Crippen LogP contribution is -2.38. The molecule has 23 heavy (non-hydrogen) atoms. The maximum atomic E-state index is 5.46. The Morgan fingerprint density at radius 2 is 1.87 bits per heavy atom. The smallest absolute Gasteiger partial charge is 0.228 e. The SMILES string of the molecule is C[C@H]1CCCN(c2nc(N3CCOCC3)nc3ccccc23)C1. The Bertz CT molecular complexity index is 684. The van der Waals surface area contributed by atoms with Gasteiger partial charge in [-0.25, -0.2) is 4.98 Å². The van der Waals surface area contributed by atoms with Crippen LogP contribution in [0.25, 0.3) is 10.9 Å². The fourth-order valence-corrected chi connectivity index (χ4v) is 3.58. The molecule has 1 aromatic carbocycles. The van der Waals surface area contributed by atoms with Gasteiger partial charge in [-0.1, -0.05) is 19.1 Å². The van der Waals surface area contributed by atoms with Crippen LogP contribution in [0.15, 0.2) is 24.3 Å². The molecule has 2 aliphatic rings. The molecule has 0 amide bonds. The number of aromatic nitrogens is 2. The average Bonchev–Trinajstić information content (AvgIpc) is 2.61. The van der Waals surface area contributed by atoms with E-state index in [0.717, 1.165) is 62.6 Å². The van der Waals surface area contributed by atoms with Gasteiger partial charge >= 0.3 is 0 Å². The van der Waals surface area contributed by atoms with E-state index in [4.69, 9.17) is 14.7 Å². The van der Waals surface area contributed by atoms with Gasteiger partial charge in [0.15, 0.2) is 0 Å². The van der Waals surface area contributed by atoms with E-state index >= 15 is 0 Å². The molecule has 0 aliphatic carbocycles. The molecule has 0 unspecified atom stereocenters. The van der Waals surface area contributed by atoms with Gasteiger partial charge in [0.2, 0.25) is 5.95 Å². The van der Waals surface area contributed by atoms with Crippen molar-refractivity contribution in [3.63, 3.8) is 0 Å². The minimum absolute atomic E-state index is 0.726. The molecule has 5 nitrogen and oxygen atoms in total. The quantitative estimate of drug-likeness (QED) is 0.853. The van der Waals surface area contributed by atoms with E-state index < -0.39 is 0 Å². The molecule has 2 aromatic rings. The molecule has 1 atom stereocenters. The van der Waals surface area contributed by atoms with Crippen LogP contribution in [0.5, 0.6) is 0 Å². The van der Waals surface area contributed by atoms with Crippen molar-refractivity contribution in [2.75, 3.05) is 49.2 Å². The van der Waals surface area contributed by atoms with Crippen LogP contribution in [0.1, 0.15) is 19.8 Å². The van der Waals surface area contributed by atoms with Crippen LogP contribution in [-0.2, 0) is 4.74 Å². The first-order chi connectivity index (χ1) is 11.3. The second-order valence-electron chi connectivity index (χ2n) is 6.66. The van der Waals surface area contributed by atoms with Crippen LogP contribution in [0.3, 0.4) is 0 Å². The number of morpholine rings is 1. The minimum atomic E-state index is 0.726. The van der Waals surface area contributed by atoms with Crippen molar-refractivity contribution < 1.29 is 4.74 Å². The molecule has 0 spiro atoms. The van der Waals surface area contributed by atoms with Crippen LogP contribution < -0.4 is 9.80 Å². The zero-order valence-corrected chi connectivity index (χ0v) is 13.7. The molecule has 2 saturated heterocycles. The number of anilines is 2. The summed E-state index contributed by atoms with van der Waals surface area (Å²) in [7, 11) is 0. The summed E-state index contributed by atoms with van der Waals surface area (Å²) in [5.41, 5.74) is 1.04. The van der Waals surface area contributed by atoms with E-state index in [1.807, 2.05) is 0 Å². The second-order valence-corrected chi connectivity index (χ2v) is 6.66. The van der Waals surface area contributed by atoms with E-state index in [1.54, 1.807) is 0 Å². The molecule has 2 fully saturated rings. The van der Waals surface area contributed by atoms with Crippen LogP contribution in [-0.4, -0.2) is 49.4 Å². The summed E-state index contributed by atoms with van der Waals surface area (Å²) in [6.07, 6.45) is 2.56. The number of ether oxygens (including phenoxy) is 1. The van der Waals surface area contributed by atoms with Gasteiger partial charge in [-0.05, 0) is 30.9 Å². The Labute approximate surface area is 137 Å². The van der Waals surface area contributed by atoms with Crippen LogP contribution >= 0.6 is 0 Å². The molecular formula is C18H24N4O. The lowest BCUT2D eigenvalue weighted by Gasteiger charge is -2.34. The predicted molar refractivity (Wildman–Crippen MR) is 93.2 cm³/mol.